The molecule has 0 aliphatic heterocycles. The van der Waals surface area contributed by atoms with Gasteiger partial charge >= 0.3 is 0 Å². The maximum Gasteiger partial charge on any atom is 0.277 e. The van der Waals surface area contributed by atoms with Gasteiger partial charge in [0, 0.05) is 12.6 Å². The highest BCUT2D eigenvalue weighted by atomic mass is 32.2. The molecule has 2 aromatic heterocycles. The lowest BCUT2D eigenvalue weighted by molar-refractivity contribution is 0.301. The van der Waals surface area contributed by atoms with Crippen molar-refractivity contribution in [3.05, 3.63) is 64.6 Å². The van der Waals surface area contributed by atoms with Crippen LogP contribution < -0.4 is 15.0 Å². The summed E-state index contributed by atoms with van der Waals surface area (Å²) in [7, 11) is -2.43. The predicted octanol–water partition coefficient (Wildman–Crippen LogP) is 1.36. The summed E-state index contributed by atoms with van der Waals surface area (Å²) in [6.45, 7) is 1.33. The minimum absolute atomic E-state index is 0.0388. The summed E-state index contributed by atoms with van der Waals surface area (Å²) in [6, 6.07) is 13.5. The molecule has 10 nitrogen and oxygen atoms in total. The molecule has 0 saturated carbocycles. The molecule has 11 heteroatoms. The number of hydrogen-bond acceptors (Lipinski definition) is 7. The number of aliphatic hydroxyl groups is 1. The van der Waals surface area contributed by atoms with Gasteiger partial charge in [-0.15, -0.1) is 0 Å². The first kappa shape index (κ1) is 21.7. The van der Waals surface area contributed by atoms with E-state index >= 15 is 0 Å². The van der Waals surface area contributed by atoms with Crippen LogP contribution in [0.1, 0.15) is 5.69 Å². The first-order valence-corrected chi connectivity index (χ1v) is 11.2. The lowest BCUT2D eigenvalue weighted by Gasteiger charge is -2.11. The molecule has 0 radical (unpaired) electrons. The summed E-state index contributed by atoms with van der Waals surface area (Å²) < 4.78 is 33.9. The van der Waals surface area contributed by atoms with E-state index in [0.29, 0.717) is 22.3 Å². The molecular weight excluding hydrogens is 434 g/mol. The Hall–Kier alpha value is -3.54. The molecule has 0 unspecified atom stereocenters. The number of sulfonamides is 1. The molecule has 0 atom stereocenters. The molecule has 0 saturated heterocycles. The van der Waals surface area contributed by atoms with Gasteiger partial charge in [-0.05, 0) is 31.2 Å². The van der Waals surface area contributed by atoms with E-state index in [-0.39, 0.29) is 29.6 Å². The van der Waals surface area contributed by atoms with Crippen molar-refractivity contribution in [1.82, 2.24) is 24.5 Å². The number of methoxy groups -OCH3 is 1. The normalized spacial score (nSPS) is 11.7. The Morgan fingerprint density at radius 3 is 2.62 bits per heavy atom. The zero-order valence-electron chi connectivity index (χ0n) is 17.4. The number of fused-ring (bicyclic) bond motifs is 1. The van der Waals surface area contributed by atoms with Gasteiger partial charge < -0.3 is 14.8 Å². The van der Waals surface area contributed by atoms with Crippen LogP contribution in [0.2, 0.25) is 0 Å². The number of aromatic nitrogens is 4. The van der Waals surface area contributed by atoms with Gasteiger partial charge in [-0.3, -0.25) is 4.79 Å². The number of para-hydroxylation sites is 1. The van der Waals surface area contributed by atoms with Gasteiger partial charge in [0.1, 0.15) is 17.1 Å². The van der Waals surface area contributed by atoms with E-state index in [1.807, 2.05) is 30.3 Å². The third-order valence-corrected chi connectivity index (χ3v) is 6.30. The predicted molar refractivity (Wildman–Crippen MR) is 118 cm³/mol. The third-order valence-electron chi connectivity index (χ3n) is 4.84. The van der Waals surface area contributed by atoms with Gasteiger partial charge in [0.25, 0.3) is 5.56 Å². The molecule has 0 bridgehead atoms. The monoisotopic (exact) mass is 455 g/mol. The lowest BCUT2D eigenvalue weighted by atomic mass is 10.2. The van der Waals surface area contributed by atoms with Gasteiger partial charge in [-0.1, -0.05) is 18.2 Å². The van der Waals surface area contributed by atoms with Crippen LogP contribution in [0.5, 0.6) is 5.75 Å². The van der Waals surface area contributed by atoms with Crippen molar-refractivity contribution >= 4 is 21.1 Å². The Morgan fingerprint density at radius 1 is 1.19 bits per heavy atom. The highest BCUT2D eigenvalue weighted by Crippen LogP contribution is 2.30. The van der Waals surface area contributed by atoms with Gasteiger partial charge in [0.2, 0.25) is 10.0 Å². The van der Waals surface area contributed by atoms with Crippen molar-refractivity contribution < 1.29 is 18.3 Å². The number of aryl methyl sites for hydroxylation is 1. The molecule has 2 aromatic carbocycles. The topological polar surface area (TPSA) is 139 Å². The Bertz CT molecular complexity index is 1440. The Labute approximate surface area is 183 Å². The third kappa shape index (κ3) is 3.88. The van der Waals surface area contributed by atoms with E-state index in [4.69, 9.17) is 9.84 Å². The smallest absolute Gasteiger partial charge is 0.277 e. The van der Waals surface area contributed by atoms with Crippen molar-refractivity contribution in [2.24, 2.45) is 0 Å². The molecule has 32 heavy (non-hydrogen) atoms. The van der Waals surface area contributed by atoms with E-state index in [9.17, 15) is 13.2 Å². The number of aromatic amines is 1. The van der Waals surface area contributed by atoms with Crippen molar-refractivity contribution in [3.8, 4) is 22.8 Å². The van der Waals surface area contributed by atoms with Crippen LogP contribution in [-0.4, -0.2) is 53.5 Å². The highest BCUT2D eigenvalue weighted by molar-refractivity contribution is 7.89. The van der Waals surface area contributed by atoms with E-state index < -0.39 is 15.6 Å². The first-order valence-electron chi connectivity index (χ1n) is 9.69. The quantitative estimate of drug-likeness (QED) is 0.382. The zero-order chi connectivity index (χ0) is 22.9. The maximum absolute atomic E-state index is 13.0. The minimum Gasteiger partial charge on any atom is -0.496 e. The summed E-state index contributed by atoms with van der Waals surface area (Å²) >= 11 is 0. The Kier molecular flexibility index (Phi) is 5.78. The molecular formula is C21H21N5O5S. The average Bonchev–Trinajstić information content (AvgIpc) is 3.15. The summed E-state index contributed by atoms with van der Waals surface area (Å²) in [5.74, 6) is 0.440. The van der Waals surface area contributed by atoms with E-state index in [1.165, 1.54) is 25.3 Å². The van der Waals surface area contributed by atoms with Crippen LogP contribution in [0.15, 0.2) is 58.2 Å². The van der Waals surface area contributed by atoms with Crippen LogP contribution in [0, 0.1) is 6.92 Å². The molecule has 0 aliphatic carbocycles. The van der Waals surface area contributed by atoms with Crippen LogP contribution in [0.4, 0.5) is 0 Å². The van der Waals surface area contributed by atoms with Crippen molar-refractivity contribution in [3.63, 3.8) is 0 Å². The molecule has 4 aromatic rings. The average molecular weight is 455 g/mol. The largest absolute Gasteiger partial charge is 0.496 e. The summed E-state index contributed by atoms with van der Waals surface area (Å²) in [5.41, 5.74) is 2.06. The number of H-pyrrole nitrogens is 1. The van der Waals surface area contributed by atoms with Gasteiger partial charge in [0.05, 0.1) is 35.6 Å². The molecule has 3 N–H and O–H groups in total. The molecule has 0 fully saturated rings. The number of nitrogens with one attached hydrogen (secondary N) is 2. The lowest BCUT2D eigenvalue weighted by Crippen LogP contribution is -2.26. The molecule has 2 heterocycles. The van der Waals surface area contributed by atoms with Crippen LogP contribution >= 0.6 is 0 Å². The van der Waals surface area contributed by atoms with Crippen molar-refractivity contribution in [1.29, 1.82) is 0 Å². The standard InChI is InChI=1S/C21H21N5O5S/c1-13-18-19(26(25-13)14-6-4-3-5-7-14)21(28)24-20(23-18)16-9-8-15(12-17(16)31-2)32(29,30)22-10-11-27/h3-9,12,22,27H,10-11H2,1-2H3,(H,23,24,28). The fourth-order valence-corrected chi connectivity index (χ4v) is 4.38. The highest BCUT2D eigenvalue weighted by Gasteiger charge is 2.20. The fourth-order valence-electron chi connectivity index (χ4n) is 3.34. The molecule has 4 rings (SSSR count). The number of rotatable bonds is 7. The molecule has 166 valence electrons. The first-order chi connectivity index (χ1) is 15.4. The summed E-state index contributed by atoms with van der Waals surface area (Å²) in [6.07, 6.45) is 0. The van der Waals surface area contributed by atoms with Gasteiger partial charge in [-0.2, -0.15) is 5.10 Å². The van der Waals surface area contributed by atoms with Crippen molar-refractivity contribution in [2.75, 3.05) is 20.3 Å². The van der Waals surface area contributed by atoms with Gasteiger partial charge in [-0.25, -0.2) is 22.8 Å². The summed E-state index contributed by atoms with van der Waals surface area (Å²) in [4.78, 5) is 20.3. The Morgan fingerprint density at radius 2 is 1.94 bits per heavy atom. The minimum atomic E-state index is -3.83. The van der Waals surface area contributed by atoms with Crippen LogP contribution in [0.3, 0.4) is 0 Å². The summed E-state index contributed by atoms with van der Waals surface area (Å²) in [5, 5.41) is 13.3. The molecule has 0 spiro atoms. The van der Waals surface area contributed by atoms with E-state index in [0.717, 1.165) is 5.69 Å². The second-order valence-electron chi connectivity index (χ2n) is 6.93. The number of nitrogens with zero attached hydrogens (tertiary/aromatic N) is 3. The molecule has 0 aliphatic rings. The number of aliphatic hydroxyl groups excluding tert-OH is 1. The number of benzene rings is 2. The van der Waals surface area contributed by atoms with Crippen LogP contribution in [-0.2, 0) is 10.0 Å². The molecule has 0 amide bonds. The second kappa shape index (κ2) is 8.54. The van der Waals surface area contributed by atoms with E-state index in [2.05, 4.69) is 19.8 Å². The van der Waals surface area contributed by atoms with Gasteiger partial charge in [0.15, 0.2) is 5.52 Å². The second-order valence-corrected chi connectivity index (χ2v) is 8.69. The SMILES string of the molecule is COc1cc(S(=O)(=O)NCCO)ccc1-c1nc2c(C)nn(-c3ccccc3)c2c(=O)[nH]1. The zero-order valence-corrected chi connectivity index (χ0v) is 18.2. The van der Waals surface area contributed by atoms with E-state index in [1.54, 1.807) is 11.6 Å². The van der Waals surface area contributed by atoms with Crippen LogP contribution in [0.25, 0.3) is 28.1 Å². The Balaban J connectivity index is 1.84. The maximum atomic E-state index is 13.0. The number of hydrogen-bond donors (Lipinski definition) is 3. The number of ether oxygens (including phenoxy) is 1. The fraction of sp³-hybridized carbons (Fsp3) is 0.190. The van der Waals surface area contributed by atoms with Crippen molar-refractivity contribution in [2.45, 2.75) is 11.8 Å².